The third kappa shape index (κ3) is 3.02. The van der Waals surface area contributed by atoms with Gasteiger partial charge in [-0.3, -0.25) is 9.59 Å². The molecular formula is C24H27NO9. The summed E-state index contributed by atoms with van der Waals surface area (Å²) in [5, 5.41) is 31.3. The molecular weight excluding hydrogens is 446 g/mol. The summed E-state index contributed by atoms with van der Waals surface area (Å²) >= 11 is 0. The number of carboxylic acid groups (broad SMARTS) is 1. The maximum absolute atomic E-state index is 12.7. The largest absolute Gasteiger partial charge is 0.481 e. The molecule has 2 unspecified atom stereocenters. The Labute approximate surface area is 195 Å². The zero-order valence-corrected chi connectivity index (χ0v) is 18.9. The minimum atomic E-state index is -1.67. The molecule has 0 saturated carbocycles. The lowest BCUT2D eigenvalue weighted by Crippen LogP contribution is -2.74. The SMILES string of the molecule is CC(=O)O[C@@H](CC(=O)OC1=CC[C@@]2(O)[C@H]3Cc4ccc(CO)c5c4C2(CCN3C)C1O5)C(=O)O. The Hall–Kier alpha value is -2.95. The van der Waals surface area contributed by atoms with Crippen LogP contribution in [0.2, 0.25) is 0 Å². The van der Waals surface area contributed by atoms with Crippen LogP contribution in [0.3, 0.4) is 0 Å². The summed E-state index contributed by atoms with van der Waals surface area (Å²) in [5.41, 5.74) is 0.442. The lowest BCUT2D eigenvalue weighted by molar-refractivity contribution is -0.173. The molecule has 2 aliphatic heterocycles. The van der Waals surface area contributed by atoms with Gasteiger partial charge in [0.05, 0.1) is 24.0 Å². The van der Waals surface area contributed by atoms with E-state index in [4.69, 9.17) is 14.2 Å². The Morgan fingerprint density at radius 3 is 2.76 bits per heavy atom. The van der Waals surface area contributed by atoms with E-state index in [9.17, 15) is 29.7 Å². The minimum Gasteiger partial charge on any atom is -0.481 e. The molecule has 182 valence electrons. The molecule has 3 N–H and O–H groups in total. The molecule has 0 amide bonds. The average molecular weight is 473 g/mol. The van der Waals surface area contributed by atoms with Gasteiger partial charge in [0.25, 0.3) is 0 Å². The predicted octanol–water partition coefficient (Wildman–Crippen LogP) is 0.406. The number of rotatable bonds is 6. The monoisotopic (exact) mass is 473 g/mol. The van der Waals surface area contributed by atoms with E-state index in [0.29, 0.717) is 30.7 Å². The maximum atomic E-state index is 12.7. The molecule has 2 bridgehead atoms. The fourth-order valence-electron chi connectivity index (χ4n) is 6.34. The highest BCUT2D eigenvalue weighted by Gasteiger charge is 2.71. The van der Waals surface area contributed by atoms with Gasteiger partial charge in [0.15, 0.2) is 6.10 Å². The van der Waals surface area contributed by atoms with Crippen molar-refractivity contribution in [3.8, 4) is 5.75 Å². The topological polar surface area (TPSA) is 143 Å². The summed E-state index contributed by atoms with van der Waals surface area (Å²) in [4.78, 5) is 37.4. The summed E-state index contributed by atoms with van der Waals surface area (Å²) in [5.74, 6) is -2.45. The van der Waals surface area contributed by atoms with Crippen LogP contribution >= 0.6 is 0 Å². The van der Waals surface area contributed by atoms with E-state index in [1.807, 2.05) is 19.2 Å². The molecule has 5 atom stereocenters. The van der Waals surface area contributed by atoms with Gasteiger partial charge >= 0.3 is 17.9 Å². The average Bonchev–Trinajstić information content (AvgIpc) is 3.13. The third-order valence-corrected chi connectivity index (χ3v) is 7.79. The normalized spacial score (nSPS) is 31.6. The second kappa shape index (κ2) is 7.79. The predicted molar refractivity (Wildman–Crippen MR) is 115 cm³/mol. The van der Waals surface area contributed by atoms with Crippen molar-refractivity contribution in [2.75, 3.05) is 13.6 Å². The molecule has 34 heavy (non-hydrogen) atoms. The molecule has 2 aliphatic carbocycles. The van der Waals surface area contributed by atoms with Crippen LogP contribution in [0.25, 0.3) is 0 Å². The first kappa shape index (κ1) is 22.8. The highest BCUT2D eigenvalue weighted by atomic mass is 16.6. The fraction of sp³-hybridized carbons (Fsp3) is 0.542. The lowest BCUT2D eigenvalue weighted by Gasteiger charge is -2.61. The molecule has 10 heteroatoms. The number of carboxylic acids is 1. The highest BCUT2D eigenvalue weighted by Crippen LogP contribution is 2.64. The summed E-state index contributed by atoms with van der Waals surface area (Å²) in [6.45, 7) is 1.52. The molecule has 4 aliphatic rings. The molecule has 0 radical (unpaired) electrons. The number of aliphatic hydroxyl groups is 2. The van der Waals surface area contributed by atoms with E-state index in [0.717, 1.165) is 18.1 Å². The molecule has 10 nitrogen and oxygen atoms in total. The zero-order valence-electron chi connectivity index (χ0n) is 18.9. The van der Waals surface area contributed by atoms with Crippen molar-refractivity contribution < 1.29 is 43.9 Å². The van der Waals surface area contributed by atoms with Crippen LogP contribution < -0.4 is 4.74 Å². The Morgan fingerprint density at radius 2 is 2.09 bits per heavy atom. The lowest BCUT2D eigenvalue weighted by atomic mass is 9.50. The molecule has 0 aromatic heterocycles. The van der Waals surface area contributed by atoms with Gasteiger partial charge in [0.2, 0.25) is 6.10 Å². The van der Waals surface area contributed by atoms with E-state index in [-0.39, 0.29) is 24.8 Å². The van der Waals surface area contributed by atoms with Crippen molar-refractivity contribution in [3.05, 3.63) is 40.7 Å². The Bertz CT molecular complexity index is 1110. The van der Waals surface area contributed by atoms with Gasteiger partial charge in [0.1, 0.15) is 11.5 Å². The van der Waals surface area contributed by atoms with Gasteiger partial charge in [-0.1, -0.05) is 12.1 Å². The summed E-state index contributed by atoms with van der Waals surface area (Å²) < 4.78 is 16.7. The number of aliphatic hydroxyl groups excluding tert-OH is 1. The van der Waals surface area contributed by atoms with Crippen LogP contribution in [0.4, 0.5) is 0 Å². The second-order valence-electron chi connectivity index (χ2n) is 9.52. The molecule has 1 aromatic rings. The smallest absolute Gasteiger partial charge is 0.345 e. The van der Waals surface area contributed by atoms with E-state index in [1.54, 1.807) is 6.08 Å². The number of likely N-dealkylation sites (N-methyl/N-ethyl adjacent to an activating group) is 1. The minimum absolute atomic E-state index is 0.167. The van der Waals surface area contributed by atoms with E-state index >= 15 is 0 Å². The number of nitrogens with zero attached hydrogens (tertiary/aromatic N) is 1. The number of piperidine rings is 1. The summed E-state index contributed by atoms with van der Waals surface area (Å²) in [6, 6.07) is 3.61. The first-order chi connectivity index (χ1) is 16.1. The quantitative estimate of drug-likeness (QED) is 0.497. The maximum Gasteiger partial charge on any atom is 0.345 e. The van der Waals surface area contributed by atoms with E-state index in [2.05, 4.69) is 4.90 Å². The number of likely N-dealkylation sites (tertiary alicyclic amines) is 1. The van der Waals surface area contributed by atoms with Crippen molar-refractivity contribution in [1.29, 1.82) is 0 Å². The number of hydrogen-bond acceptors (Lipinski definition) is 9. The summed E-state index contributed by atoms with van der Waals surface area (Å²) in [6.07, 6.45) is -0.114. The Morgan fingerprint density at radius 1 is 1.32 bits per heavy atom. The van der Waals surface area contributed by atoms with Crippen LogP contribution in [0.15, 0.2) is 24.0 Å². The van der Waals surface area contributed by atoms with Gasteiger partial charge in [0, 0.05) is 30.5 Å². The standard InChI is InChI=1S/C24H27NO9/c1-12(27)32-16(22(29)30)10-18(28)33-15-5-6-24(31)17-9-13-3-4-14(11-26)20-19(13)23(24,21(15)34-20)7-8-25(17)2/h3-5,16-17,21,26,31H,6-11H2,1-2H3,(H,29,30)/t16-,17+,21?,23?,24+/m0/s1. The van der Waals surface area contributed by atoms with Crippen LogP contribution in [-0.4, -0.2) is 75.6 Å². The van der Waals surface area contributed by atoms with E-state index in [1.165, 1.54) is 0 Å². The molecule has 1 spiro atoms. The van der Waals surface area contributed by atoms with Gasteiger partial charge in [-0.05, 0) is 38.1 Å². The number of carbonyl (C=O) groups excluding carboxylic acids is 2. The van der Waals surface area contributed by atoms with Crippen LogP contribution in [0.5, 0.6) is 5.75 Å². The number of benzene rings is 1. The zero-order chi connectivity index (χ0) is 24.4. The van der Waals surface area contributed by atoms with Crippen molar-refractivity contribution in [1.82, 2.24) is 4.90 Å². The van der Waals surface area contributed by atoms with Crippen LogP contribution in [0.1, 0.15) is 42.9 Å². The molecule has 1 saturated heterocycles. The molecule has 2 heterocycles. The molecule has 5 rings (SSSR count). The van der Waals surface area contributed by atoms with Gasteiger partial charge in [-0.25, -0.2) is 4.79 Å². The number of aliphatic carboxylic acids is 1. The fourth-order valence-corrected chi connectivity index (χ4v) is 6.34. The Kier molecular flexibility index (Phi) is 5.23. The van der Waals surface area contributed by atoms with Crippen molar-refractivity contribution in [2.45, 2.75) is 68.5 Å². The van der Waals surface area contributed by atoms with Crippen LogP contribution in [-0.2, 0) is 42.3 Å². The first-order valence-electron chi connectivity index (χ1n) is 11.3. The number of carbonyl (C=O) groups is 3. The number of ether oxygens (including phenoxy) is 3. The third-order valence-electron chi connectivity index (χ3n) is 7.79. The summed E-state index contributed by atoms with van der Waals surface area (Å²) in [7, 11) is 1.98. The highest BCUT2D eigenvalue weighted by molar-refractivity contribution is 5.83. The van der Waals surface area contributed by atoms with Gasteiger partial charge in [-0.15, -0.1) is 0 Å². The number of esters is 2. The Balaban J connectivity index is 1.52. The van der Waals surface area contributed by atoms with Crippen LogP contribution in [0, 0.1) is 0 Å². The van der Waals surface area contributed by atoms with Crippen molar-refractivity contribution in [2.24, 2.45) is 0 Å². The first-order valence-corrected chi connectivity index (χ1v) is 11.3. The van der Waals surface area contributed by atoms with Gasteiger partial charge in [-0.2, -0.15) is 0 Å². The number of hydrogen-bond donors (Lipinski definition) is 3. The molecule has 1 aromatic carbocycles. The van der Waals surface area contributed by atoms with E-state index < -0.39 is 47.6 Å². The van der Waals surface area contributed by atoms with Crippen molar-refractivity contribution >= 4 is 17.9 Å². The molecule has 1 fully saturated rings. The van der Waals surface area contributed by atoms with Crippen molar-refractivity contribution in [3.63, 3.8) is 0 Å². The van der Waals surface area contributed by atoms with Gasteiger partial charge < -0.3 is 34.4 Å². The second-order valence-corrected chi connectivity index (χ2v) is 9.52.